The number of nitrogens with zero attached hydrogens (tertiary/aromatic N) is 2. The van der Waals surface area contributed by atoms with Gasteiger partial charge in [0.05, 0.1) is 5.69 Å². The molecule has 0 bridgehead atoms. The van der Waals surface area contributed by atoms with E-state index in [0.29, 0.717) is 11.4 Å². The van der Waals surface area contributed by atoms with Crippen LogP contribution in [0.4, 0.5) is 18.9 Å². The average molecular weight is 255 g/mol. The molecule has 6 heteroatoms. The number of halogens is 3. The Morgan fingerprint density at radius 2 is 1.78 bits per heavy atom. The first kappa shape index (κ1) is 12.5. The van der Waals surface area contributed by atoms with Crippen LogP contribution >= 0.6 is 0 Å². The Bertz CT molecular complexity index is 541. The Morgan fingerprint density at radius 1 is 1.17 bits per heavy atom. The SMILES string of the molecule is CNc1ccc(-n2nc(C(F)(F)F)cc2C)cc1. The van der Waals surface area contributed by atoms with Gasteiger partial charge in [-0.05, 0) is 37.3 Å². The Labute approximate surface area is 102 Å². The van der Waals surface area contributed by atoms with E-state index >= 15 is 0 Å². The summed E-state index contributed by atoms with van der Waals surface area (Å²) in [5.41, 5.74) is 1.05. The van der Waals surface area contributed by atoms with Crippen LogP contribution in [0.2, 0.25) is 0 Å². The lowest BCUT2D eigenvalue weighted by atomic mass is 10.3. The van der Waals surface area contributed by atoms with Crippen molar-refractivity contribution in [3.05, 3.63) is 41.7 Å². The summed E-state index contributed by atoms with van der Waals surface area (Å²) < 4.78 is 38.9. The molecule has 0 saturated carbocycles. The minimum atomic E-state index is -4.42. The number of benzene rings is 1. The number of aromatic nitrogens is 2. The molecule has 1 N–H and O–H groups in total. The molecule has 1 heterocycles. The third-order valence-corrected chi connectivity index (χ3v) is 2.58. The molecule has 0 amide bonds. The lowest BCUT2D eigenvalue weighted by Gasteiger charge is -2.06. The van der Waals surface area contributed by atoms with Gasteiger partial charge in [0.1, 0.15) is 0 Å². The zero-order valence-electron chi connectivity index (χ0n) is 9.92. The molecule has 1 aromatic carbocycles. The average Bonchev–Trinajstić information content (AvgIpc) is 2.71. The predicted octanol–water partition coefficient (Wildman–Crippen LogP) is 3.24. The second-order valence-electron chi connectivity index (χ2n) is 3.88. The zero-order valence-corrected chi connectivity index (χ0v) is 9.92. The highest BCUT2D eigenvalue weighted by atomic mass is 19.4. The highest BCUT2D eigenvalue weighted by Gasteiger charge is 2.34. The van der Waals surface area contributed by atoms with Crippen LogP contribution in [-0.4, -0.2) is 16.8 Å². The minimum Gasteiger partial charge on any atom is -0.388 e. The third-order valence-electron chi connectivity index (χ3n) is 2.58. The number of hydrogen-bond acceptors (Lipinski definition) is 2. The van der Waals surface area contributed by atoms with Crippen molar-refractivity contribution < 1.29 is 13.2 Å². The van der Waals surface area contributed by atoms with Gasteiger partial charge in [0.25, 0.3) is 0 Å². The normalized spacial score (nSPS) is 11.6. The summed E-state index contributed by atoms with van der Waals surface area (Å²) >= 11 is 0. The molecule has 0 aliphatic heterocycles. The van der Waals surface area contributed by atoms with Crippen molar-refractivity contribution in [1.82, 2.24) is 9.78 Å². The largest absolute Gasteiger partial charge is 0.435 e. The smallest absolute Gasteiger partial charge is 0.388 e. The maximum absolute atomic E-state index is 12.5. The van der Waals surface area contributed by atoms with Crippen molar-refractivity contribution in [2.24, 2.45) is 0 Å². The van der Waals surface area contributed by atoms with Crippen molar-refractivity contribution in [2.75, 3.05) is 12.4 Å². The molecule has 0 aliphatic rings. The van der Waals surface area contributed by atoms with E-state index in [1.165, 1.54) is 4.68 Å². The summed E-state index contributed by atoms with van der Waals surface area (Å²) in [4.78, 5) is 0. The first-order valence-electron chi connectivity index (χ1n) is 5.34. The second kappa shape index (κ2) is 4.36. The van der Waals surface area contributed by atoms with E-state index in [1.807, 2.05) is 0 Å². The summed E-state index contributed by atoms with van der Waals surface area (Å²) in [6.45, 7) is 1.59. The van der Waals surface area contributed by atoms with Crippen molar-refractivity contribution in [2.45, 2.75) is 13.1 Å². The number of aryl methyl sites for hydroxylation is 1. The van der Waals surface area contributed by atoms with Crippen LogP contribution in [0.5, 0.6) is 0 Å². The molecule has 3 nitrogen and oxygen atoms in total. The number of anilines is 1. The van der Waals surface area contributed by atoms with Gasteiger partial charge in [0.15, 0.2) is 5.69 Å². The number of rotatable bonds is 2. The van der Waals surface area contributed by atoms with E-state index in [-0.39, 0.29) is 0 Å². The molecule has 0 unspecified atom stereocenters. The van der Waals surface area contributed by atoms with E-state index in [2.05, 4.69) is 10.4 Å². The molecular weight excluding hydrogens is 243 g/mol. The highest BCUT2D eigenvalue weighted by Crippen LogP contribution is 2.29. The molecule has 0 atom stereocenters. The fourth-order valence-electron chi connectivity index (χ4n) is 1.64. The molecule has 0 saturated heterocycles. The second-order valence-corrected chi connectivity index (χ2v) is 3.88. The molecule has 2 aromatic rings. The van der Waals surface area contributed by atoms with Crippen molar-refractivity contribution in [3.8, 4) is 5.69 Å². The van der Waals surface area contributed by atoms with Crippen molar-refractivity contribution in [3.63, 3.8) is 0 Å². The van der Waals surface area contributed by atoms with Gasteiger partial charge in [0, 0.05) is 18.4 Å². The van der Waals surface area contributed by atoms with Gasteiger partial charge >= 0.3 is 6.18 Å². The quantitative estimate of drug-likeness (QED) is 0.892. The number of alkyl halides is 3. The monoisotopic (exact) mass is 255 g/mol. The van der Waals surface area contributed by atoms with Crippen molar-refractivity contribution in [1.29, 1.82) is 0 Å². The van der Waals surface area contributed by atoms with Gasteiger partial charge in [-0.25, -0.2) is 4.68 Å². The Kier molecular flexibility index (Phi) is 3.02. The van der Waals surface area contributed by atoms with Crippen LogP contribution in [0.25, 0.3) is 5.69 Å². The van der Waals surface area contributed by atoms with Crippen LogP contribution in [-0.2, 0) is 6.18 Å². The lowest BCUT2D eigenvalue weighted by molar-refractivity contribution is -0.141. The highest BCUT2D eigenvalue weighted by molar-refractivity contribution is 5.48. The topological polar surface area (TPSA) is 29.9 Å². The third kappa shape index (κ3) is 2.32. The number of hydrogen-bond donors (Lipinski definition) is 1. The van der Waals surface area contributed by atoms with E-state index < -0.39 is 11.9 Å². The lowest BCUT2D eigenvalue weighted by Crippen LogP contribution is -2.07. The molecular formula is C12H12F3N3. The summed E-state index contributed by atoms with van der Waals surface area (Å²) in [6.07, 6.45) is -4.42. The standard InChI is InChI=1S/C12H12F3N3/c1-8-7-11(12(13,14)15)17-18(8)10-5-3-9(16-2)4-6-10/h3-7,16H,1-2H3. The maximum Gasteiger partial charge on any atom is 0.435 e. The summed E-state index contributed by atoms with van der Waals surface area (Å²) in [5, 5.41) is 6.52. The summed E-state index contributed by atoms with van der Waals surface area (Å²) in [6, 6.07) is 8.03. The van der Waals surface area contributed by atoms with Gasteiger partial charge < -0.3 is 5.32 Å². The van der Waals surface area contributed by atoms with E-state index in [1.54, 1.807) is 38.2 Å². The first-order valence-corrected chi connectivity index (χ1v) is 5.34. The van der Waals surface area contributed by atoms with Crippen LogP contribution in [0.3, 0.4) is 0 Å². The van der Waals surface area contributed by atoms with E-state index in [4.69, 9.17) is 0 Å². The summed E-state index contributed by atoms with van der Waals surface area (Å²) in [7, 11) is 1.77. The molecule has 18 heavy (non-hydrogen) atoms. The Morgan fingerprint density at radius 3 is 2.22 bits per heavy atom. The van der Waals surface area contributed by atoms with Crippen LogP contribution < -0.4 is 5.32 Å². The van der Waals surface area contributed by atoms with Gasteiger partial charge in [-0.15, -0.1) is 0 Å². The molecule has 0 aliphatic carbocycles. The molecule has 2 rings (SSSR count). The summed E-state index contributed by atoms with van der Waals surface area (Å²) in [5.74, 6) is 0. The van der Waals surface area contributed by atoms with Crippen LogP contribution in [0.1, 0.15) is 11.4 Å². The minimum absolute atomic E-state index is 0.444. The Balaban J connectivity index is 2.41. The fraction of sp³-hybridized carbons (Fsp3) is 0.250. The van der Waals surface area contributed by atoms with Crippen LogP contribution in [0.15, 0.2) is 30.3 Å². The fourth-order valence-corrected chi connectivity index (χ4v) is 1.64. The van der Waals surface area contributed by atoms with E-state index in [0.717, 1.165) is 11.8 Å². The maximum atomic E-state index is 12.5. The molecule has 0 spiro atoms. The number of nitrogens with one attached hydrogen (secondary N) is 1. The van der Waals surface area contributed by atoms with Crippen LogP contribution in [0, 0.1) is 6.92 Å². The molecule has 0 radical (unpaired) electrons. The van der Waals surface area contributed by atoms with Gasteiger partial charge in [0.2, 0.25) is 0 Å². The predicted molar refractivity (Wildman–Crippen MR) is 62.8 cm³/mol. The molecule has 1 aromatic heterocycles. The molecule has 0 fully saturated rings. The van der Waals surface area contributed by atoms with Crippen molar-refractivity contribution >= 4 is 5.69 Å². The van der Waals surface area contributed by atoms with Gasteiger partial charge in [-0.3, -0.25) is 0 Å². The van der Waals surface area contributed by atoms with Gasteiger partial charge in [-0.1, -0.05) is 0 Å². The Hall–Kier alpha value is -1.98. The molecule has 96 valence electrons. The zero-order chi connectivity index (χ0) is 13.3. The van der Waals surface area contributed by atoms with Gasteiger partial charge in [-0.2, -0.15) is 18.3 Å². The van der Waals surface area contributed by atoms with E-state index in [9.17, 15) is 13.2 Å². The first-order chi connectivity index (χ1) is 8.41.